The number of hydrogen-bond acceptors (Lipinski definition) is 6. The largest absolute Gasteiger partial charge is 0.611 e. The fourth-order valence-corrected chi connectivity index (χ4v) is 7.17. The first-order valence-corrected chi connectivity index (χ1v) is 16.7. The minimum absolute atomic E-state index is 0.0203. The Morgan fingerprint density at radius 2 is 1.93 bits per heavy atom. The third-order valence-corrected chi connectivity index (χ3v) is 9.83. The van der Waals surface area contributed by atoms with Gasteiger partial charge < -0.3 is 18.8 Å². The van der Waals surface area contributed by atoms with Crippen molar-refractivity contribution >= 4 is 22.9 Å². The highest BCUT2D eigenvalue weighted by Crippen LogP contribution is 2.41. The molecule has 0 radical (unpaired) electrons. The monoisotopic (exact) mass is 574 g/mol. The van der Waals surface area contributed by atoms with Crippen molar-refractivity contribution in [3.05, 3.63) is 42.0 Å². The first-order chi connectivity index (χ1) is 19.4. The van der Waals surface area contributed by atoms with Gasteiger partial charge in [-0.15, -0.1) is 0 Å². The van der Waals surface area contributed by atoms with Gasteiger partial charge in [-0.05, 0) is 106 Å². The minimum atomic E-state index is -0.925. The van der Waals surface area contributed by atoms with Gasteiger partial charge in [-0.3, -0.25) is 9.59 Å². The van der Waals surface area contributed by atoms with Crippen molar-refractivity contribution in [2.24, 2.45) is 17.8 Å². The molecule has 0 bridgehead atoms. The van der Waals surface area contributed by atoms with Crippen molar-refractivity contribution in [1.82, 2.24) is 0 Å². The molecule has 6 atom stereocenters. The van der Waals surface area contributed by atoms with E-state index in [1.165, 1.54) is 12.7 Å². The van der Waals surface area contributed by atoms with E-state index in [4.69, 9.17) is 14.2 Å². The number of unbranched alkanes of at least 4 members (excludes halogenated alkanes) is 4. The van der Waals surface area contributed by atoms with Crippen LogP contribution < -0.4 is 0 Å². The van der Waals surface area contributed by atoms with Gasteiger partial charge in [0.2, 0.25) is 0 Å². The van der Waals surface area contributed by atoms with E-state index in [0.29, 0.717) is 24.4 Å². The summed E-state index contributed by atoms with van der Waals surface area (Å²) in [4.78, 5) is 25.6. The fraction of sp³-hybridized carbons (Fsp3) is 0.697. The lowest BCUT2D eigenvalue weighted by atomic mass is 9.79. The molecule has 2 aliphatic rings. The molecule has 0 spiro atoms. The molecule has 6 nitrogen and oxygen atoms in total. The summed E-state index contributed by atoms with van der Waals surface area (Å²) in [7, 11) is 1.42. The zero-order chi connectivity index (χ0) is 28.7. The van der Waals surface area contributed by atoms with Crippen molar-refractivity contribution in [3.63, 3.8) is 0 Å². The number of carbonyl (C=O) groups excluding carboxylic acids is 2. The van der Waals surface area contributed by atoms with Crippen LogP contribution in [0.4, 0.5) is 0 Å². The second-order valence-corrected chi connectivity index (χ2v) is 13.1. The van der Waals surface area contributed by atoms with Crippen LogP contribution in [-0.4, -0.2) is 48.2 Å². The highest BCUT2D eigenvalue weighted by atomic mass is 32.2. The number of benzene rings is 1. The predicted octanol–water partition coefficient (Wildman–Crippen LogP) is 7.10. The van der Waals surface area contributed by atoms with Crippen molar-refractivity contribution < 1.29 is 28.4 Å². The average molecular weight is 575 g/mol. The quantitative estimate of drug-likeness (QED) is 0.0854. The Balaban J connectivity index is 1.45. The summed E-state index contributed by atoms with van der Waals surface area (Å²) >= 11 is -0.925. The maximum absolute atomic E-state index is 13.2. The zero-order valence-corrected chi connectivity index (χ0v) is 25.6. The summed E-state index contributed by atoms with van der Waals surface area (Å²) in [5.74, 6) is 1.22. The van der Waals surface area contributed by atoms with E-state index in [1.54, 1.807) is 0 Å². The molecular weight excluding hydrogens is 524 g/mol. The Morgan fingerprint density at radius 1 is 1.12 bits per heavy atom. The number of Topliss-reactive ketones (excluding diaryl/α,β-unsaturated/α-hetero) is 1. The Labute approximate surface area is 244 Å². The van der Waals surface area contributed by atoms with E-state index < -0.39 is 11.2 Å². The zero-order valence-electron chi connectivity index (χ0n) is 24.8. The third-order valence-electron chi connectivity index (χ3n) is 8.37. The molecule has 224 valence electrons. The fourth-order valence-electron chi connectivity index (χ4n) is 6.02. The maximum Gasteiger partial charge on any atom is 0.305 e. The molecule has 0 N–H and O–H groups in total. The Hall–Kier alpha value is -1.67. The number of hydrogen-bond donors (Lipinski definition) is 0. The molecular formula is C33H50O6S. The van der Waals surface area contributed by atoms with Crippen molar-refractivity contribution in [2.45, 2.75) is 115 Å². The molecule has 1 saturated carbocycles. The molecule has 1 aromatic rings. The first-order valence-electron chi connectivity index (χ1n) is 15.4. The van der Waals surface area contributed by atoms with Gasteiger partial charge in [0.05, 0.1) is 13.2 Å². The lowest BCUT2D eigenvalue weighted by molar-refractivity contribution is -0.196. The van der Waals surface area contributed by atoms with E-state index in [2.05, 4.69) is 19.1 Å². The number of ketones is 1. The van der Waals surface area contributed by atoms with E-state index in [-0.39, 0.29) is 36.1 Å². The molecule has 3 rings (SSSR count). The molecule has 7 heteroatoms. The Bertz CT molecular complexity index is 910. The minimum Gasteiger partial charge on any atom is -0.611 e. The van der Waals surface area contributed by atoms with Crippen LogP contribution in [-0.2, 0) is 35.0 Å². The topological polar surface area (TPSA) is 84.9 Å². The third kappa shape index (κ3) is 11.0. The van der Waals surface area contributed by atoms with Gasteiger partial charge in [-0.1, -0.05) is 43.2 Å². The van der Waals surface area contributed by atoms with Crippen LogP contribution in [0.3, 0.4) is 0 Å². The SMILES string of the molecule is COC(=O)CCCCC(C)[C@H]1C(=O)C[C@H](OC2CCCCO2)[C@H]1C/C=C/CCCCC[S+]([O-])c1ccc(C)cc1. The predicted molar refractivity (Wildman–Crippen MR) is 159 cm³/mol. The summed E-state index contributed by atoms with van der Waals surface area (Å²) in [6.07, 6.45) is 15.7. The summed E-state index contributed by atoms with van der Waals surface area (Å²) < 4.78 is 29.5. The van der Waals surface area contributed by atoms with E-state index in [9.17, 15) is 14.1 Å². The van der Waals surface area contributed by atoms with Gasteiger partial charge in [-0.2, -0.15) is 0 Å². The van der Waals surface area contributed by atoms with Crippen LogP contribution >= 0.6 is 0 Å². The molecule has 1 heterocycles. The van der Waals surface area contributed by atoms with Gasteiger partial charge in [0.1, 0.15) is 11.5 Å². The molecule has 1 aromatic carbocycles. The number of aryl methyl sites for hydroxylation is 1. The molecule has 0 aromatic heterocycles. The molecule has 40 heavy (non-hydrogen) atoms. The normalized spacial score (nSPS) is 24.9. The van der Waals surface area contributed by atoms with Crippen LogP contribution in [0.15, 0.2) is 41.3 Å². The number of methoxy groups -OCH3 is 1. The second kappa shape index (κ2) is 18.0. The molecule has 2 fully saturated rings. The average Bonchev–Trinajstić information content (AvgIpc) is 3.27. The number of allylic oxidation sites excluding steroid dienone is 2. The molecule has 3 unspecified atom stereocenters. The van der Waals surface area contributed by atoms with E-state index >= 15 is 0 Å². The van der Waals surface area contributed by atoms with Gasteiger partial charge in [0.25, 0.3) is 0 Å². The van der Waals surface area contributed by atoms with E-state index in [1.807, 2.05) is 31.2 Å². The van der Waals surface area contributed by atoms with Crippen LogP contribution in [0.25, 0.3) is 0 Å². The second-order valence-electron chi connectivity index (χ2n) is 11.5. The Kier molecular flexibility index (Phi) is 14.8. The van der Waals surface area contributed by atoms with Crippen molar-refractivity contribution in [2.75, 3.05) is 19.5 Å². The highest BCUT2D eigenvalue weighted by molar-refractivity contribution is 7.91. The van der Waals surface area contributed by atoms with Gasteiger partial charge in [0, 0.05) is 25.4 Å². The van der Waals surface area contributed by atoms with Crippen molar-refractivity contribution in [3.8, 4) is 0 Å². The van der Waals surface area contributed by atoms with Gasteiger partial charge in [-0.25, -0.2) is 0 Å². The standard InChI is InChI=1S/C33H50O6S/c1-25-18-20-27(21-19-25)40(36)23-13-7-5-4-6-8-15-28-30(39-32-17-11-12-22-38-32)24-29(34)33(28)26(2)14-9-10-16-31(35)37-3/h6,8,18-21,26,28,30,32-33H,4-5,7,9-17,22-24H2,1-3H3/b8-6+/t26?,28-,30+,32?,33-,40?/m1/s1. The smallest absolute Gasteiger partial charge is 0.305 e. The van der Waals surface area contributed by atoms with E-state index in [0.717, 1.165) is 82.1 Å². The summed E-state index contributed by atoms with van der Waals surface area (Å²) in [6, 6.07) is 7.97. The molecule has 1 saturated heterocycles. The maximum atomic E-state index is 13.2. The number of esters is 1. The van der Waals surface area contributed by atoms with Crippen LogP contribution in [0, 0.1) is 24.7 Å². The number of ether oxygens (including phenoxy) is 3. The molecule has 1 aliphatic heterocycles. The highest BCUT2D eigenvalue weighted by Gasteiger charge is 2.45. The number of carbonyl (C=O) groups is 2. The Morgan fingerprint density at radius 3 is 2.65 bits per heavy atom. The lowest BCUT2D eigenvalue weighted by Gasteiger charge is -2.31. The van der Waals surface area contributed by atoms with Crippen molar-refractivity contribution in [1.29, 1.82) is 0 Å². The summed E-state index contributed by atoms with van der Waals surface area (Å²) in [6.45, 7) is 4.95. The number of rotatable bonds is 17. The molecule has 0 amide bonds. The first kappa shape index (κ1) is 32.8. The summed E-state index contributed by atoms with van der Waals surface area (Å²) in [5.41, 5.74) is 1.19. The van der Waals surface area contributed by atoms with Crippen LogP contribution in [0.1, 0.15) is 96.0 Å². The molecule has 1 aliphatic carbocycles. The lowest BCUT2D eigenvalue weighted by Crippen LogP contribution is -2.32. The van der Waals surface area contributed by atoms with Gasteiger partial charge in [0.15, 0.2) is 11.2 Å². The van der Waals surface area contributed by atoms with Crippen LogP contribution in [0.5, 0.6) is 0 Å². The van der Waals surface area contributed by atoms with Crippen LogP contribution in [0.2, 0.25) is 0 Å². The van der Waals surface area contributed by atoms with Gasteiger partial charge >= 0.3 is 5.97 Å². The summed E-state index contributed by atoms with van der Waals surface area (Å²) in [5, 5.41) is 0.